The minimum absolute atomic E-state index is 0.0347. The van der Waals surface area contributed by atoms with Gasteiger partial charge in [-0.25, -0.2) is 13.4 Å². The molecule has 0 radical (unpaired) electrons. The molecule has 0 fully saturated rings. The SMILES string of the molecule is CS(=O)(=O)c1ccc(-c2[nH]c(C(F)(F)F)nc2-c2ccc3c(c2)OCO3)cc1. The quantitative estimate of drug-likeness (QED) is 0.709. The summed E-state index contributed by atoms with van der Waals surface area (Å²) in [6, 6.07) is 10.3. The maximum absolute atomic E-state index is 13.2. The number of aromatic amines is 1. The number of alkyl halides is 3. The van der Waals surface area contributed by atoms with E-state index in [9.17, 15) is 21.6 Å². The van der Waals surface area contributed by atoms with Gasteiger partial charge in [-0.1, -0.05) is 12.1 Å². The molecule has 146 valence electrons. The molecule has 0 amide bonds. The van der Waals surface area contributed by atoms with Gasteiger partial charge in [-0.3, -0.25) is 0 Å². The number of sulfone groups is 1. The first kappa shape index (κ1) is 18.4. The van der Waals surface area contributed by atoms with Crippen LogP contribution in [-0.4, -0.2) is 31.4 Å². The maximum atomic E-state index is 13.2. The Morgan fingerprint density at radius 3 is 2.29 bits per heavy atom. The van der Waals surface area contributed by atoms with E-state index in [2.05, 4.69) is 9.97 Å². The molecule has 4 rings (SSSR count). The molecular formula is C18H13F3N2O4S. The minimum Gasteiger partial charge on any atom is -0.454 e. The van der Waals surface area contributed by atoms with E-state index in [-0.39, 0.29) is 23.1 Å². The van der Waals surface area contributed by atoms with E-state index in [1.165, 1.54) is 24.3 Å². The highest BCUT2D eigenvalue weighted by Gasteiger charge is 2.36. The summed E-state index contributed by atoms with van der Waals surface area (Å²) in [6.07, 6.45) is -3.62. The summed E-state index contributed by atoms with van der Waals surface area (Å²) in [6.45, 7) is 0.0347. The Morgan fingerprint density at radius 1 is 1.00 bits per heavy atom. The van der Waals surface area contributed by atoms with Crippen LogP contribution in [-0.2, 0) is 16.0 Å². The van der Waals surface area contributed by atoms with Crippen molar-refractivity contribution in [1.29, 1.82) is 0 Å². The predicted molar refractivity (Wildman–Crippen MR) is 93.7 cm³/mol. The summed E-state index contributed by atoms with van der Waals surface area (Å²) in [5.41, 5.74) is 0.949. The zero-order valence-electron chi connectivity index (χ0n) is 14.4. The lowest BCUT2D eigenvalue weighted by Crippen LogP contribution is -2.07. The fraction of sp³-hybridized carbons (Fsp3) is 0.167. The van der Waals surface area contributed by atoms with Gasteiger partial charge in [-0.15, -0.1) is 0 Å². The van der Waals surface area contributed by atoms with Gasteiger partial charge < -0.3 is 14.5 Å². The molecule has 0 spiro atoms. The molecule has 28 heavy (non-hydrogen) atoms. The van der Waals surface area contributed by atoms with Crippen LogP contribution < -0.4 is 9.47 Å². The molecule has 0 atom stereocenters. The molecule has 0 saturated carbocycles. The van der Waals surface area contributed by atoms with E-state index in [0.29, 0.717) is 22.6 Å². The fourth-order valence-corrected chi connectivity index (χ4v) is 3.47. The molecule has 0 bridgehead atoms. The highest BCUT2D eigenvalue weighted by atomic mass is 32.2. The Kier molecular flexibility index (Phi) is 4.11. The van der Waals surface area contributed by atoms with Crippen LogP contribution in [0, 0.1) is 0 Å². The van der Waals surface area contributed by atoms with Crippen molar-refractivity contribution in [2.45, 2.75) is 11.1 Å². The van der Waals surface area contributed by atoms with E-state index in [1.54, 1.807) is 18.2 Å². The molecule has 1 aromatic heterocycles. The van der Waals surface area contributed by atoms with E-state index >= 15 is 0 Å². The number of ether oxygens (including phenoxy) is 2. The van der Waals surface area contributed by atoms with Gasteiger partial charge in [0.15, 0.2) is 21.3 Å². The number of hydrogen-bond acceptors (Lipinski definition) is 5. The Labute approximate surface area is 157 Å². The zero-order chi connectivity index (χ0) is 20.1. The number of hydrogen-bond donors (Lipinski definition) is 1. The van der Waals surface area contributed by atoms with Crippen LogP contribution in [0.1, 0.15) is 5.82 Å². The van der Waals surface area contributed by atoms with Crippen molar-refractivity contribution in [3.05, 3.63) is 48.3 Å². The van der Waals surface area contributed by atoms with Gasteiger partial charge in [0.05, 0.1) is 16.3 Å². The topological polar surface area (TPSA) is 81.3 Å². The first-order valence-electron chi connectivity index (χ1n) is 8.00. The monoisotopic (exact) mass is 410 g/mol. The molecule has 1 aliphatic rings. The fourth-order valence-electron chi connectivity index (χ4n) is 2.84. The smallest absolute Gasteiger partial charge is 0.449 e. The Balaban J connectivity index is 1.86. The van der Waals surface area contributed by atoms with Crippen LogP contribution in [0.3, 0.4) is 0 Å². The van der Waals surface area contributed by atoms with E-state index in [1.807, 2.05) is 0 Å². The normalized spacial score (nSPS) is 13.7. The van der Waals surface area contributed by atoms with Crippen LogP contribution in [0.15, 0.2) is 47.4 Å². The molecule has 2 aromatic carbocycles. The van der Waals surface area contributed by atoms with Crippen molar-refractivity contribution < 1.29 is 31.1 Å². The number of halogens is 3. The van der Waals surface area contributed by atoms with Gasteiger partial charge >= 0.3 is 6.18 Å². The highest BCUT2D eigenvalue weighted by Crippen LogP contribution is 2.40. The zero-order valence-corrected chi connectivity index (χ0v) is 15.2. The average molecular weight is 410 g/mol. The maximum Gasteiger partial charge on any atom is 0.449 e. The van der Waals surface area contributed by atoms with Crippen molar-refractivity contribution in [1.82, 2.24) is 9.97 Å². The number of rotatable bonds is 3. The summed E-state index contributed by atoms with van der Waals surface area (Å²) >= 11 is 0. The first-order chi connectivity index (χ1) is 13.1. The third-order valence-electron chi connectivity index (χ3n) is 4.19. The Hall–Kier alpha value is -3.01. The number of imidazole rings is 1. The number of H-pyrrole nitrogens is 1. The minimum atomic E-state index is -4.67. The van der Waals surface area contributed by atoms with Crippen LogP contribution in [0.4, 0.5) is 13.2 Å². The molecule has 1 aliphatic heterocycles. The lowest BCUT2D eigenvalue weighted by molar-refractivity contribution is -0.144. The standard InChI is InChI=1S/C18H13F3N2O4S/c1-28(24,25)12-5-2-10(3-6-12)15-16(23-17(22-15)18(19,20)21)11-4-7-13-14(8-11)27-9-26-13/h2-8H,9H2,1H3,(H,22,23). The lowest BCUT2D eigenvalue weighted by Gasteiger charge is -2.06. The van der Waals surface area contributed by atoms with Crippen molar-refractivity contribution in [3.8, 4) is 34.0 Å². The summed E-state index contributed by atoms with van der Waals surface area (Å²) in [4.78, 5) is 6.10. The van der Waals surface area contributed by atoms with E-state index in [4.69, 9.17) is 9.47 Å². The number of fused-ring (bicyclic) bond motifs is 1. The van der Waals surface area contributed by atoms with Gasteiger partial charge in [-0.05, 0) is 30.3 Å². The number of nitrogens with one attached hydrogen (secondary N) is 1. The van der Waals surface area contributed by atoms with Gasteiger partial charge in [0.2, 0.25) is 12.6 Å². The van der Waals surface area contributed by atoms with Gasteiger partial charge in [0.25, 0.3) is 0 Å². The molecule has 2 heterocycles. The predicted octanol–water partition coefficient (Wildman–Crippen LogP) is 3.89. The van der Waals surface area contributed by atoms with Crippen LogP contribution in [0.2, 0.25) is 0 Å². The average Bonchev–Trinajstić information content (AvgIpc) is 3.27. The van der Waals surface area contributed by atoms with Crippen LogP contribution in [0.25, 0.3) is 22.5 Å². The van der Waals surface area contributed by atoms with Crippen molar-refractivity contribution >= 4 is 9.84 Å². The molecule has 0 saturated heterocycles. The summed E-state index contributed by atoms with van der Waals surface area (Å²) in [7, 11) is -3.43. The van der Waals surface area contributed by atoms with Crippen molar-refractivity contribution in [2.24, 2.45) is 0 Å². The Morgan fingerprint density at radius 2 is 1.64 bits per heavy atom. The van der Waals surface area contributed by atoms with Crippen molar-refractivity contribution in [2.75, 3.05) is 13.0 Å². The van der Waals surface area contributed by atoms with Gasteiger partial charge in [0.1, 0.15) is 0 Å². The molecule has 0 aliphatic carbocycles. The molecule has 3 aromatic rings. The van der Waals surface area contributed by atoms with Crippen LogP contribution in [0.5, 0.6) is 11.5 Å². The third kappa shape index (κ3) is 3.31. The van der Waals surface area contributed by atoms with Crippen molar-refractivity contribution in [3.63, 3.8) is 0 Å². The summed E-state index contributed by atoms with van der Waals surface area (Å²) in [5, 5.41) is 0. The summed E-state index contributed by atoms with van der Waals surface area (Å²) < 4.78 is 73.4. The molecule has 6 nitrogen and oxygen atoms in total. The molecule has 1 N–H and O–H groups in total. The van der Waals surface area contributed by atoms with Gasteiger partial charge in [0, 0.05) is 17.4 Å². The number of nitrogens with zero attached hydrogens (tertiary/aromatic N) is 1. The molecular weight excluding hydrogens is 397 g/mol. The van der Waals surface area contributed by atoms with E-state index in [0.717, 1.165) is 6.26 Å². The summed E-state index contributed by atoms with van der Waals surface area (Å²) in [5.74, 6) is -0.246. The highest BCUT2D eigenvalue weighted by molar-refractivity contribution is 7.90. The van der Waals surface area contributed by atoms with Crippen LogP contribution >= 0.6 is 0 Å². The van der Waals surface area contributed by atoms with E-state index < -0.39 is 21.8 Å². The second kappa shape index (κ2) is 6.26. The largest absolute Gasteiger partial charge is 0.454 e. The molecule has 0 unspecified atom stereocenters. The van der Waals surface area contributed by atoms with Gasteiger partial charge in [-0.2, -0.15) is 13.2 Å². The second-order valence-corrected chi connectivity index (χ2v) is 8.19. The molecule has 10 heteroatoms. The Bertz CT molecular complexity index is 1150. The second-order valence-electron chi connectivity index (χ2n) is 6.17. The third-order valence-corrected chi connectivity index (χ3v) is 5.32. The number of benzene rings is 2. The first-order valence-corrected chi connectivity index (χ1v) is 9.90. The lowest BCUT2D eigenvalue weighted by atomic mass is 10.0. The number of aromatic nitrogens is 2.